The Labute approximate surface area is 173 Å². The average Bonchev–Trinajstić information content (AvgIpc) is 3.03. The van der Waals surface area contributed by atoms with Crippen molar-refractivity contribution in [2.45, 2.75) is 19.4 Å². The number of aromatic nitrogens is 1. The zero-order valence-corrected chi connectivity index (χ0v) is 16.8. The quantitative estimate of drug-likeness (QED) is 0.477. The number of aryl methyl sites for hydroxylation is 1. The third-order valence-electron chi connectivity index (χ3n) is 4.14. The van der Waals surface area contributed by atoms with Crippen molar-refractivity contribution in [2.75, 3.05) is 0 Å². The van der Waals surface area contributed by atoms with Crippen LogP contribution in [0.15, 0.2) is 53.1 Å². The van der Waals surface area contributed by atoms with Crippen LogP contribution in [-0.4, -0.2) is 15.6 Å². The molecule has 0 saturated heterocycles. The fourth-order valence-corrected chi connectivity index (χ4v) is 3.24. The largest absolute Gasteiger partial charge is 0.484 e. The number of nitrogens with zero attached hydrogens (tertiary/aromatic N) is 1. The molecule has 0 radical (unpaired) electrons. The van der Waals surface area contributed by atoms with Crippen LogP contribution in [-0.2, 0) is 17.8 Å². The number of hydrogen-bond acceptors (Lipinski definition) is 2. The van der Waals surface area contributed by atoms with E-state index in [1.54, 1.807) is 12.1 Å². The molecule has 0 aliphatic rings. The molecule has 1 aromatic heterocycles. The van der Waals surface area contributed by atoms with E-state index in [2.05, 4.69) is 15.9 Å². The molecule has 0 fully saturated rings. The van der Waals surface area contributed by atoms with Gasteiger partial charge in [0.05, 0.1) is 5.69 Å². The van der Waals surface area contributed by atoms with Gasteiger partial charge in [-0.05, 0) is 64.3 Å². The predicted octanol–water partition coefficient (Wildman–Crippen LogP) is 5.77. The summed E-state index contributed by atoms with van der Waals surface area (Å²) in [5.74, 6) is -3.55. The molecule has 0 saturated carbocycles. The summed E-state index contributed by atoms with van der Waals surface area (Å²) in [6.45, 7) is -0.0129. The summed E-state index contributed by atoms with van der Waals surface area (Å²) in [7, 11) is 0. The molecule has 2 aromatic carbocycles. The molecule has 3 aromatic rings. The molecule has 1 heterocycles. The normalized spacial score (nSPS) is 10.9. The van der Waals surface area contributed by atoms with Crippen molar-refractivity contribution in [3.8, 4) is 11.4 Å². The predicted molar refractivity (Wildman–Crippen MR) is 105 cm³/mol. The Morgan fingerprint density at radius 2 is 1.82 bits per heavy atom. The van der Waals surface area contributed by atoms with Gasteiger partial charge in [0.2, 0.25) is 5.82 Å². The highest BCUT2D eigenvalue weighted by atomic mass is 79.9. The van der Waals surface area contributed by atoms with Crippen molar-refractivity contribution in [2.24, 2.45) is 0 Å². The molecule has 0 unspecified atom stereocenters. The van der Waals surface area contributed by atoms with Gasteiger partial charge in [0, 0.05) is 27.8 Å². The number of carboxylic acid groups (broad SMARTS) is 1. The van der Waals surface area contributed by atoms with Crippen LogP contribution in [0.4, 0.5) is 8.78 Å². The lowest BCUT2D eigenvalue weighted by molar-refractivity contribution is -0.136. The number of carbonyl (C=O) groups is 1. The van der Waals surface area contributed by atoms with Crippen molar-refractivity contribution < 1.29 is 23.4 Å². The molecule has 0 aliphatic heterocycles. The van der Waals surface area contributed by atoms with Gasteiger partial charge in [-0.15, -0.1) is 0 Å². The molecule has 3 rings (SSSR count). The first kappa shape index (κ1) is 20.4. The second kappa shape index (κ2) is 8.75. The minimum Gasteiger partial charge on any atom is -0.484 e. The minimum absolute atomic E-state index is 0.00188. The van der Waals surface area contributed by atoms with Gasteiger partial charge >= 0.3 is 5.97 Å². The van der Waals surface area contributed by atoms with Gasteiger partial charge in [-0.25, -0.2) is 4.39 Å². The zero-order chi connectivity index (χ0) is 20.3. The Balaban J connectivity index is 1.79. The summed E-state index contributed by atoms with van der Waals surface area (Å²) in [5, 5.41) is 9.29. The molecular formula is C20H15BrClF2NO3. The molecule has 0 spiro atoms. The second-order valence-corrected chi connectivity index (χ2v) is 7.28. The lowest BCUT2D eigenvalue weighted by atomic mass is 10.1. The fraction of sp³-hybridized carbons (Fsp3) is 0.150. The molecular weight excluding hydrogens is 456 g/mol. The molecule has 0 bridgehead atoms. The number of hydrogen-bond donors (Lipinski definition) is 1. The molecule has 1 N–H and O–H groups in total. The number of ether oxygens (including phenoxy) is 1. The Bertz CT molecular complexity index is 1010. The zero-order valence-electron chi connectivity index (χ0n) is 14.5. The van der Waals surface area contributed by atoms with Gasteiger partial charge in [-0.3, -0.25) is 4.79 Å². The summed E-state index contributed by atoms with van der Waals surface area (Å²) in [5.41, 5.74) is 1.54. The van der Waals surface area contributed by atoms with Crippen molar-refractivity contribution in [1.82, 2.24) is 4.57 Å². The minimum atomic E-state index is -1.14. The van der Waals surface area contributed by atoms with E-state index in [1.807, 2.05) is 29.0 Å². The van der Waals surface area contributed by atoms with Crippen LogP contribution in [0.25, 0.3) is 5.69 Å². The highest BCUT2D eigenvalue weighted by Crippen LogP contribution is 2.28. The molecule has 146 valence electrons. The lowest BCUT2D eigenvalue weighted by Crippen LogP contribution is -2.07. The molecule has 0 atom stereocenters. The first-order chi connectivity index (χ1) is 13.4. The van der Waals surface area contributed by atoms with Crippen LogP contribution in [0.5, 0.6) is 5.75 Å². The monoisotopic (exact) mass is 469 g/mol. The molecule has 0 aliphatic carbocycles. The van der Waals surface area contributed by atoms with E-state index >= 15 is 0 Å². The summed E-state index contributed by atoms with van der Waals surface area (Å²) in [6.07, 6.45) is 1.44. The Morgan fingerprint density at radius 3 is 2.50 bits per heavy atom. The maximum absolute atomic E-state index is 14.3. The standard InChI is InChI=1S/C20H15BrClF2NO3/c21-15-9-10-25(14-5-3-13(22)4-6-14)16(15)11-28-17-7-1-12(2-8-18(26)27)19(23)20(17)24/h1,3-7,9-10H,2,8,11H2,(H,26,27). The van der Waals surface area contributed by atoms with E-state index in [4.69, 9.17) is 21.4 Å². The van der Waals surface area contributed by atoms with Crippen LogP contribution in [0.1, 0.15) is 17.7 Å². The molecule has 4 nitrogen and oxygen atoms in total. The number of carboxylic acids is 1. The fourth-order valence-electron chi connectivity index (χ4n) is 2.69. The van der Waals surface area contributed by atoms with E-state index < -0.39 is 17.6 Å². The number of aliphatic carboxylic acids is 1. The molecule has 0 amide bonds. The Morgan fingerprint density at radius 1 is 1.11 bits per heavy atom. The van der Waals surface area contributed by atoms with Crippen LogP contribution in [0.2, 0.25) is 5.02 Å². The Hall–Kier alpha value is -2.38. The summed E-state index contributed by atoms with van der Waals surface area (Å²) >= 11 is 9.35. The van der Waals surface area contributed by atoms with Gasteiger partial charge in [0.25, 0.3) is 0 Å². The Kier molecular flexibility index (Phi) is 6.36. The van der Waals surface area contributed by atoms with Crippen LogP contribution in [0.3, 0.4) is 0 Å². The van der Waals surface area contributed by atoms with Crippen LogP contribution < -0.4 is 4.74 Å². The van der Waals surface area contributed by atoms with Crippen molar-refractivity contribution in [1.29, 1.82) is 0 Å². The maximum Gasteiger partial charge on any atom is 0.303 e. The smallest absolute Gasteiger partial charge is 0.303 e. The third kappa shape index (κ3) is 4.54. The first-order valence-electron chi connectivity index (χ1n) is 8.30. The summed E-state index contributed by atoms with van der Waals surface area (Å²) < 4.78 is 36.6. The number of rotatable bonds is 7. The summed E-state index contributed by atoms with van der Waals surface area (Å²) in [6, 6.07) is 11.6. The number of halogens is 4. The van der Waals surface area contributed by atoms with Crippen molar-refractivity contribution in [3.63, 3.8) is 0 Å². The molecule has 8 heteroatoms. The number of benzene rings is 2. The average molecular weight is 471 g/mol. The van der Waals surface area contributed by atoms with Crippen LogP contribution >= 0.6 is 27.5 Å². The van der Waals surface area contributed by atoms with Crippen molar-refractivity contribution in [3.05, 3.63) is 81.0 Å². The van der Waals surface area contributed by atoms with Gasteiger partial charge in [0.15, 0.2) is 11.6 Å². The highest BCUT2D eigenvalue weighted by molar-refractivity contribution is 9.10. The maximum atomic E-state index is 14.3. The molecule has 28 heavy (non-hydrogen) atoms. The van der Waals surface area contributed by atoms with E-state index in [-0.39, 0.29) is 30.8 Å². The van der Waals surface area contributed by atoms with Crippen molar-refractivity contribution >= 4 is 33.5 Å². The highest BCUT2D eigenvalue weighted by Gasteiger charge is 2.17. The van der Waals surface area contributed by atoms with Gasteiger partial charge < -0.3 is 14.4 Å². The topological polar surface area (TPSA) is 51.5 Å². The van der Waals surface area contributed by atoms with E-state index in [0.29, 0.717) is 10.7 Å². The van der Waals surface area contributed by atoms with Gasteiger partial charge in [0.1, 0.15) is 6.61 Å². The van der Waals surface area contributed by atoms with Gasteiger partial charge in [-0.2, -0.15) is 4.39 Å². The third-order valence-corrected chi connectivity index (χ3v) is 5.11. The second-order valence-electron chi connectivity index (χ2n) is 5.99. The van der Waals surface area contributed by atoms with E-state index in [1.165, 1.54) is 12.1 Å². The van der Waals surface area contributed by atoms with Gasteiger partial charge in [-0.1, -0.05) is 17.7 Å². The van der Waals surface area contributed by atoms with E-state index in [9.17, 15) is 13.6 Å². The SMILES string of the molecule is O=C(O)CCc1ccc(OCc2c(Br)ccn2-c2ccc(Cl)cc2)c(F)c1F. The first-order valence-corrected chi connectivity index (χ1v) is 9.47. The van der Waals surface area contributed by atoms with Crippen LogP contribution in [0, 0.1) is 11.6 Å². The lowest BCUT2D eigenvalue weighted by Gasteiger charge is -2.13. The summed E-state index contributed by atoms with van der Waals surface area (Å²) in [4.78, 5) is 10.6. The van der Waals surface area contributed by atoms with E-state index in [0.717, 1.165) is 10.2 Å².